The van der Waals surface area contributed by atoms with Crippen molar-refractivity contribution < 1.29 is 17.4 Å². The molecular weight excluding hydrogens is 263 g/mol. The molecule has 6 heteroatoms. The summed E-state index contributed by atoms with van der Waals surface area (Å²) in [5, 5.41) is 3.04. The minimum absolute atomic E-state index is 0.0328. The van der Waals surface area contributed by atoms with Crippen LogP contribution >= 0.6 is 0 Å². The first-order valence-electron chi connectivity index (χ1n) is 6.44. The Kier molecular flexibility index (Phi) is 6.11. The zero-order valence-electron chi connectivity index (χ0n) is 10.9. The monoisotopic (exact) mass is 285 g/mol. The van der Waals surface area contributed by atoms with Gasteiger partial charge >= 0.3 is 6.18 Å². The standard InChI is InChI=1S/C12H22F3NOS/c1-9(18(2)17)7-8-16-11-6-4-3-5-10(11)12(13,14)15/h9-11,16H,3-8H2,1-2H3. The van der Waals surface area contributed by atoms with Gasteiger partial charge < -0.3 is 5.32 Å². The topological polar surface area (TPSA) is 29.1 Å². The Morgan fingerprint density at radius 1 is 1.33 bits per heavy atom. The molecule has 0 aromatic rings. The molecule has 0 bridgehead atoms. The highest BCUT2D eigenvalue weighted by Crippen LogP contribution is 2.37. The summed E-state index contributed by atoms with van der Waals surface area (Å²) < 4.78 is 49.6. The molecule has 0 aromatic carbocycles. The molecular formula is C12H22F3NOS. The molecule has 0 heterocycles. The van der Waals surface area contributed by atoms with Crippen molar-refractivity contribution in [3.05, 3.63) is 0 Å². The largest absolute Gasteiger partial charge is 0.393 e. The summed E-state index contributed by atoms with van der Waals surface area (Å²) >= 11 is 0. The Morgan fingerprint density at radius 3 is 2.50 bits per heavy atom. The van der Waals surface area contributed by atoms with Crippen LogP contribution < -0.4 is 5.32 Å². The van der Waals surface area contributed by atoms with Crippen LogP contribution in [0.25, 0.3) is 0 Å². The third-order valence-electron chi connectivity index (χ3n) is 3.71. The Bertz CT molecular complexity index is 283. The Labute approximate surface area is 109 Å². The maximum absolute atomic E-state index is 12.8. The van der Waals surface area contributed by atoms with Crippen molar-refractivity contribution in [2.75, 3.05) is 12.8 Å². The van der Waals surface area contributed by atoms with Crippen molar-refractivity contribution in [1.29, 1.82) is 0 Å². The summed E-state index contributed by atoms with van der Waals surface area (Å²) in [5.41, 5.74) is 0. The molecule has 1 saturated carbocycles. The molecule has 0 aliphatic heterocycles. The fourth-order valence-electron chi connectivity index (χ4n) is 2.40. The lowest BCUT2D eigenvalue weighted by atomic mass is 9.84. The molecule has 108 valence electrons. The van der Waals surface area contributed by atoms with Crippen LogP contribution in [-0.2, 0) is 10.8 Å². The third kappa shape index (κ3) is 4.88. The minimum Gasteiger partial charge on any atom is -0.313 e. The number of halogens is 3. The molecule has 1 aliphatic carbocycles. The zero-order valence-corrected chi connectivity index (χ0v) is 11.7. The predicted molar refractivity (Wildman–Crippen MR) is 67.9 cm³/mol. The van der Waals surface area contributed by atoms with Gasteiger partial charge in [-0.3, -0.25) is 4.21 Å². The quantitative estimate of drug-likeness (QED) is 0.841. The van der Waals surface area contributed by atoms with E-state index in [1.807, 2.05) is 6.92 Å². The Hall–Kier alpha value is -0.100. The van der Waals surface area contributed by atoms with Gasteiger partial charge in [0.15, 0.2) is 0 Å². The first-order chi connectivity index (χ1) is 8.32. The van der Waals surface area contributed by atoms with Gasteiger partial charge in [-0.15, -0.1) is 0 Å². The van der Waals surface area contributed by atoms with Crippen molar-refractivity contribution >= 4 is 10.8 Å². The first kappa shape index (κ1) is 16.0. The Balaban J connectivity index is 2.41. The molecule has 0 radical (unpaired) electrons. The molecule has 1 aliphatic rings. The van der Waals surface area contributed by atoms with E-state index in [1.165, 1.54) is 0 Å². The van der Waals surface area contributed by atoms with E-state index < -0.39 is 28.9 Å². The summed E-state index contributed by atoms with van der Waals surface area (Å²) in [6, 6.07) is -0.462. The molecule has 18 heavy (non-hydrogen) atoms. The molecule has 4 atom stereocenters. The van der Waals surface area contributed by atoms with Gasteiger partial charge in [0.25, 0.3) is 0 Å². The van der Waals surface area contributed by atoms with Gasteiger partial charge in [0.2, 0.25) is 0 Å². The highest BCUT2D eigenvalue weighted by Gasteiger charge is 2.45. The highest BCUT2D eigenvalue weighted by atomic mass is 32.2. The number of alkyl halides is 3. The van der Waals surface area contributed by atoms with Crippen LogP contribution in [0.15, 0.2) is 0 Å². The summed E-state index contributed by atoms with van der Waals surface area (Å²) in [4.78, 5) is 0. The smallest absolute Gasteiger partial charge is 0.313 e. The molecule has 1 rings (SSSR count). The fraction of sp³-hybridized carbons (Fsp3) is 1.00. The maximum Gasteiger partial charge on any atom is 0.393 e. The number of hydrogen-bond acceptors (Lipinski definition) is 2. The van der Waals surface area contributed by atoms with Crippen LogP contribution in [0.4, 0.5) is 13.2 Å². The summed E-state index contributed by atoms with van der Waals surface area (Å²) in [6.45, 7) is 2.37. The molecule has 0 saturated heterocycles. The number of rotatable bonds is 5. The second-order valence-corrected chi connectivity index (χ2v) is 6.89. The molecule has 0 amide bonds. The van der Waals surface area contributed by atoms with Gasteiger partial charge in [-0.1, -0.05) is 19.8 Å². The van der Waals surface area contributed by atoms with E-state index in [0.29, 0.717) is 25.8 Å². The summed E-state index contributed by atoms with van der Waals surface area (Å²) in [7, 11) is -0.905. The van der Waals surface area contributed by atoms with Crippen LogP contribution in [0, 0.1) is 5.92 Å². The first-order valence-corrected chi connectivity index (χ1v) is 8.07. The van der Waals surface area contributed by atoms with Crippen LogP contribution in [0.3, 0.4) is 0 Å². The van der Waals surface area contributed by atoms with E-state index >= 15 is 0 Å². The van der Waals surface area contributed by atoms with Gasteiger partial charge in [-0.25, -0.2) is 0 Å². The van der Waals surface area contributed by atoms with Gasteiger partial charge in [0, 0.05) is 28.3 Å². The fourth-order valence-corrected chi connectivity index (χ4v) is 2.85. The van der Waals surface area contributed by atoms with Crippen LogP contribution in [0.2, 0.25) is 0 Å². The summed E-state index contributed by atoms with van der Waals surface area (Å²) in [5.74, 6) is -1.21. The zero-order chi connectivity index (χ0) is 13.8. The molecule has 1 N–H and O–H groups in total. The number of nitrogens with one attached hydrogen (secondary N) is 1. The average molecular weight is 285 g/mol. The van der Waals surface area contributed by atoms with Crippen molar-refractivity contribution in [1.82, 2.24) is 5.32 Å². The lowest BCUT2D eigenvalue weighted by Gasteiger charge is -2.33. The van der Waals surface area contributed by atoms with Crippen molar-refractivity contribution in [3.8, 4) is 0 Å². The predicted octanol–water partition coefficient (Wildman–Crippen LogP) is 2.85. The minimum atomic E-state index is -4.10. The van der Waals surface area contributed by atoms with Crippen molar-refractivity contribution in [2.24, 2.45) is 5.92 Å². The summed E-state index contributed by atoms with van der Waals surface area (Å²) in [6.07, 6.45) is 0.534. The van der Waals surface area contributed by atoms with Gasteiger partial charge in [0.1, 0.15) is 0 Å². The average Bonchev–Trinajstić information content (AvgIpc) is 2.28. The maximum atomic E-state index is 12.8. The van der Waals surface area contributed by atoms with Crippen LogP contribution in [0.1, 0.15) is 39.0 Å². The van der Waals surface area contributed by atoms with Crippen molar-refractivity contribution in [2.45, 2.75) is 56.5 Å². The van der Waals surface area contributed by atoms with E-state index in [1.54, 1.807) is 6.26 Å². The van der Waals surface area contributed by atoms with Gasteiger partial charge in [0.05, 0.1) is 5.92 Å². The van der Waals surface area contributed by atoms with Crippen LogP contribution in [0.5, 0.6) is 0 Å². The molecule has 4 unspecified atom stereocenters. The molecule has 1 fully saturated rings. The normalized spacial score (nSPS) is 28.9. The second-order valence-electron chi connectivity index (χ2n) is 5.09. The van der Waals surface area contributed by atoms with E-state index in [2.05, 4.69) is 5.32 Å². The SMILES string of the molecule is CC(CCNC1CCCCC1C(F)(F)F)S(C)=O. The number of hydrogen-bond donors (Lipinski definition) is 1. The Morgan fingerprint density at radius 2 is 1.94 bits per heavy atom. The van der Waals surface area contributed by atoms with Gasteiger partial charge in [-0.2, -0.15) is 13.2 Å². The van der Waals surface area contributed by atoms with Crippen molar-refractivity contribution in [3.63, 3.8) is 0 Å². The third-order valence-corrected chi connectivity index (χ3v) is 5.08. The lowest BCUT2D eigenvalue weighted by Crippen LogP contribution is -2.46. The van der Waals surface area contributed by atoms with E-state index in [9.17, 15) is 17.4 Å². The van der Waals surface area contributed by atoms with Crippen LogP contribution in [-0.4, -0.2) is 34.5 Å². The lowest BCUT2D eigenvalue weighted by molar-refractivity contribution is -0.188. The van der Waals surface area contributed by atoms with E-state index in [0.717, 1.165) is 6.42 Å². The second kappa shape index (κ2) is 6.89. The van der Waals surface area contributed by atoms with E-state index in [-0.39, 0.29) is 11.7 Å². The van der Waals surface area contributed by atoms with Gasteiger partial charge in [-0.05, 0) is 25.8 Å². The molecule has 2 nitrogen and oxygen atoms in total. The highest BCUT2D eigenvalue weighted by molar-refractivity contribution is 7.84. The molecule has 0 spiro atoms. The molecule has 0 aromatic heterocycles. The van der Waals surface area contributed by atoms with E-state index in [4.69, 9.17) is 0 Å².